The molecule has 1 aromatic rings. The Bertz CT molecular complexity index is 385. The molecule has 0 radical (unpaired) electrons. The van der Waals surface area contributed by atoms with Gasteiger partial charge in [-0.1, -0.05) is 0 Å². The van der Waals surface area contributed by atoms with Crippen molar-refractivity contribution in [2.24, 2.45) is 0 Å². The highest BCUT2D eigenvalue weighted by atomic mass is 16.5. The highest BCUT2D eigenvalue weighted by molar-refractivity contribution is 5.75. The summed E-state index contributed by atoms with van der Waals surface area (Å²) < 4.78 is 7.01. The Morgan fingerprint density at radius 3 is 3.16 bits per heavy atom. The van der Waals surface area contributed by atoms with Gasteiger partial charge in [0.15, 0.2) is 0 Å². The molecule has 0 bridgehead atoms. The molecule has 1 fully saturated rings. The Hall–Kier alpha value is -1.40. The van der Waals surface area contributed by atoms with Crippen molar-refractivity contribution in [2.75, 3.05) is 26.8 Å². The van der Waals surface area contributed by atoms with Gasteiger partial charge in [0.25, 0.3) is 0 Å². The molecule has 1 aromatic heterocycles. The second-order valence-electron chi connectivity index (χ2n) is 5.04. The predicted octanol–water partition coefficient (Wildman–Crippen LogP) is 0.158. The van der Waals surface area contributed by atoms with Crippen LogP contribution in [0.1, 0.15) is 19.3 Å². The van der Waals surface area contributed by atoms with E-state index < -0.39 is 0 Å². The van der Waals surface area contributed by atoms with Crippen molar-refractivity contribution in [3.8, 4) is 0 Å². The number of aromatic nitrogens is 2. The number of nitrogens with zero attached hydrogens (tertiary/aromatic N) is 2. The molecule has 1 amide bonds. The highest BCUT2D eigenvalue weighted by Gasteiger charge is 2.33. The van der Waals surface area contributed by atoms with E-state index in [4.69, 9.17) is 4.74 Å². The van der Waals surface area contributed by atoms with Crippen molar-refractivity contribution in [1.82, 2.24) is 20.4 Å². The van der Waals surface area contributed by atoms with E-state index in [-0.39, 0.29) is 11.4 Å². The van der Waals surface area contributed by atoms with Crippen molar-refractivity contribution in [3.63, 3.8) is 0 Å². The summed E-state index contributed by atoms with van der Waals surface area (Å²) in [6.45, 7) is 2.86. The van der Waals surface area contributed by atoms with Crippen LogP contribution in [0.2, 0.25) is 0 Å². The molecule has 0 aliphatic carbocycles. The third-order valence-electron chi connectivity index (χ3n) is 3.50. The molecule has 2 N–H and O–H groups in total. The molecule has 2 rings (SSSR count). The fraction of sp³-hybridized carbons (Fsp3) is 0.692. The molecule has 0 spiro atoms. The van der Waals surface area contributed by atoms with Crippen molar-refractivity contribution >= 4 is 5.91 Å². The van der Waals surface area contributed by atoms with Gasteiger partial charge in [0.1, 0.15) is 0 Å². The van der Waals surface area contributed by atoms with Crippen LogP contribution in [-0.4, -0.2) is 48.0 Å². The van der Waals surface area contributed by atoms with Gasteiger partial charge in [-0.3, -0.25) is 9.48 Å². The lowest BCUT2D eigenvalue weighted by molar-refractivity contribution is -0.121. The summed E-state index contributed by atoms with van der Waals surface area (Å²) in [7, 11) is 1.70. The van der Waals surface area contributed by atoms with Crippen molar-refractivity contribution in [3.05, 3.63) is 18.5 Å². The van der Waals surface area contributed by atoms with E-state index in [0.29, 0.717) is 26.1 Å². The van der Waals surface area contributed by atoms with E-state index in [9.17, 15) is 4.79 Å². The fourth-order valence-corrected chi connectivity index (χ4v) is 2.48. The second-order valence-corrected chi connectivity index (χ2v) is 5.04. The molecule has 1 aliphatic heterocycles. The number of amides is 1. The number of carbonyl (C=O) groups is 1. The molecule has 19 heavy (non-hydrogen) atoms. The molecule has 0 saturated carbocycles. The van der Waals surface area contributed by atoms with Gasteiger partial charge < -0.3 is 15.4 Å². The van der Waals surface area contributed by atoms with Crippen molar-refractivity contribution in [1.29, 1.82) is 0 Å². The Morgan fingerprint density at radius 2 is 2.53 bits per heavy atom. The summed E-state index contributed by atoms with van der Waals surface area (Å²) in [5.74, 6) is 0.0553. The van der Waals surface area contributed by atoms with Crippen LogP contribution in [0.3, 0.4) is 0 Å². The van der Waals surface area contributed by atoms with Gasteiger partial charge in [0, 0.05) is 39.0 Å². The molecule has 6 heteroatoms. The van der Waals surface area contributed by atoms with Crippen LogP contribution in [0, 0.1) is 0 Å². The van der Waals surface area contributed by atoms with Crippen LogP contribution in [-0.2, 0) is 16.1 Å². The number of rotatable bonds is 7. The first-order chi connectivity index (χ1) is 9.24. The summed E-state index contributed by atoms with van der Waals surface area (Å²) in [6.07, 6.45) is 6.20. The van der Waals surface area contributed by atoms with Gasteiger partial charge in [-0.15, -0.1) is 0 Å². The molecule has 1 unspecified atom stereocenters. The monoisotopic (exact) mass is 266 g/mol. The van der Waals surface area contributed by atoms with Gasteiger partial charge in [0.2, 0.25) is 5.91 Å². The number of nitrogens with one attached hydrogen (secondary N) is 2. The minimum absolute atomic E-state index is 0.0553. The van der Waals surface area contributed by atoms with Gasteiger partial charge in [-0.05, 0) is 25.5 Å². The number of aryl methyl sites for hydroxylation is 1. The first-order valence-corrected chi connectivity index (χ1v) is 6.72. The Balaban J connectivity index is 1.72. The quantitative estimate of drug-likeness (QED) is 0.737. The minimum Gasteiger partial charge on any atom is -0.383 e. The molecule has 0 aromatic carbocycles. The Kier molecular flexibility index (Phi) is 4.93. The van der Waals surface area contributed by atoms with Crippen LogP contribution in [0.4, 0.5) is 0 Å². The smallest absolute Gasteiger partial charge is 0.221 e. The largest absolute Gasteiger partial charge is 0.383 e. The van der Waals surface area contributed by atoms with E-state index in [1.165, 1.54) is 0 Å². The minimum atomic E-state index is -0.0872. The molecule has 6 nitrogen and oxygen atoms in total. The summed E-state index contributed by atoms with van der Waals surface area (Å²) >= 11 is 0. The van der Waals surface area contributed by atoms with Crippen LogP contribution in [0.5, 0.6) is 0 Å². The molecular weight excluding hydrogens is 244 g/mol. The molecule has 1 saturated heterocycles. The number of hydrogen-bond donors (Lipinski definition) is 2. The number of carbonyl (C=O) groups excluding carboxylic acids is 1. The maximum Gasteiger partial charge on any atom is 0.221 e. The average molecular weight is 266 g/mol. The van der Waals surface area contributed by atoms with E-state index in [0.717, 1.165) is 19.4 Å². The standard InChI is InChI=1S/C13H22N4O2/c1-19-11-13(5-2-6-15-13)10-14-12(18)4-9-17-8-3-7-16-17/h3,7-8,15H,2,4-6,9-11H2,1H3,(H,14,18). The van der Waals surface area contributed by atoms with Crippen LogP contribution >= 0.6 is 0 Å². The molecular formula is C13H22N4O2. The Labute approximate surface area is 113 Å². The number of methoxy groups -OCH3 is 1. The zero-order valence-electron chi connectivity index (χ0n) is 11.4. The van der Waals surface area contributed by atoms with Gasteiger partial charge >= 0.3 is 0 Å². The first kappa shape index (κ1) is 14.0. The molecule has 2 heterocycles. The summed E-state index contributed by atoms with van der Waals surface area (Å²) in [6, 6.07) is 1.86. The zero-order valence-corrected chi connectivity index (χ0v) is 11.4. The fourth-order valence-electron chi connectivity index (χ4n) is 2.48. The summed E-state index contributed by atoms with van der Waals surface area (Å²) in [5.41, 5.74) is -0.0872. The van der Waals surface area contributed by atoms with E-state index >= 15 is 0 Å². The lowest BCUT2D eigenvalue weighted by Gasteiger charge is -2.28. The molecule has 1 aliphatic rings. The van der Waals surface area contributed by atoms with Crippen molar-refractivity contribution in [2.45, 2.75) is 31.3 Å². The van der Waals surface area contributed by atoms with Crippen LogP contribution in [0.25, 0.3) is 0 Å². The first-order valence-electron chi connectivity index (χ1n) is 6.72. The van der Waals surface area contributed by atoms with E-state index in [1.54, 1.807) is 18.0 Å². The topological polar surface area (TPSA) is 68.2 Å². The van der Waals surface area contributed by atoms with Crippen molar-refractivity contribution < 1.29 is 9.53 Å². The zero-order chi connectivity index (χ0) is 13.6. The third kappa shape index (κ3) is 4.04. The third-order valence-corrected chi connectivity index (χ3v) is 3.50. The van der Waals surface area contributed by atoms with E-state index in [2.05, 4.69) is 15.7 Å². The number of hydrogen-bond acceptors (Lipinski definition) is 4. The SMILES string of the molecule is COCC1(CNC(=O)CCn2cccn2)CCCN1. The van der Waals surface area contributed by atoms with Crippen LogP contribution < -0.4 is 10.6 Å². The predicted molar refractivity (Wildman–Crippen MR) is 71.7 cm³/mol. The summed E-state index contributed by atoms with van der Waals surface area (Å²) in [4.78, 5) is 11.8. The van der Waals surface area contributed by atoms with Crippen LogP contribution in [0.15, 0.2) is 18.5 Å². The second kappa shape index (κ2) is 6.68. The average Bonchev–Trinajstić information content (AvgIpc) is 3.06. The van der Waals surface area contributed by atoms with Gasteiger partial charge in [-0.25, -0.2) is 0 Å². The maximum atomic E-state index is 11.8. The lowest BCUT2D eigenvalue weighted by atomic mass is 9.98. The summed E-state index contributed by atoms with van der Waals surface area (Å²) in [5, 5.41) is 10.5. The normalized spacial score (nSPS) is 22.6. The maximum absolute atomic E-state index is 11.8. The number of ether oxygens (including phenoxy) is 1. The highest BCUT2D eigenvalue weighted by Crippen LogP contribution is 2.18. The lowest BCUT2D eigenvalue weighted by Crippen LogP contribution is -2.53. The van der Waals surface area contributed by atoms with Gasteiger partial charge in [0.05, 0.1) is 12.1 Å². The van der Waals surface area contributed by atoms with Gasteiger partial charge in [-0.2, -0.15) is 5.10 Å². The Morgan fingerprint density at radius 1 is 1.63 bits per heavy atom. The molecule has 106 valence electrons. The molecule has 1 atom stereocenters. The van der Waals surface area contributed by atoms with E-state index in [1.807, 2.05) is 12.3 Å².